The van der Waals surface area contributed by atoms with Crippen LogP contribution in [0.2, 0.25) is 0 Å². The van der Waals surface area contributed by atoms with E-state index in [0.717, 1.165) is 17.9 Å². The van der Waals surface area contributed by atoms with Crippen molar-refractivity contribution in [2.75, 3.05) is 30.0 Å². The van der Waals surface area contributed by atoms with Gasteiger partial charge in [0.2, 0.25) is 0 Å². The quantitative estimate of drug-likeness (QED) is 0.608. The molecule has 0 saturated heterocycles. The maximum atomic E-state index is 10.9. The number of pyridine rings is 1. The molecule has 0 unspecified atom stereocenters. The molecule has 0 aliphatic rings. The second-order valence-electron chi connectivity index (χ2n) is 3.32. The fourth-order valence-electron chi connectivity index (χ4n) is 1.24. The van der Waals surface area contributed by atoms with Gasteiger partial charge in [-0.25, -0.2) is 9.78 Å². The maximum absolute atomic E-state index is 10.9. The van der Waals surface area contributed by atoms with Crippen molar-refractivity contribution >= 4 is 23.4 Å². The Labute approximate surface area is 104 Å². The Hall–Kier alpha value is -1.27. The van der Waals surface area contributed by atoms with E-state index in [0.29, 0.717) is 12.2 Å². The van der Waals surface area contributed by atoms with Crippen LogP contribution in [0, 0.1) is 0 Å². The molecular weight excluding hydrogens is 240 g/mol. The standard InChI is InChI=1S/C11H16N2O3S/c14-6-2-7-17-8-5-12-9-3-1-4-13-10(9)11(15)16/h1,3-4,12,14H,2,5-8H2,(H,15,16). The van der Waals surface area contributed by atoms with Gasteiger partial charge >= 0.3 is 5.97 Å². The number of aromatic carboxylic acids is 1. The van der Waals surface area contributed by atoms with Crippen LogP contribution >= 0.6 is 11.8 Å². The average molecular weight is 256 g/mol. The Balaban J connectivity index is 2.34. The van der Waals surface area contributed by atoms with E-state index in [9.17, 15) is 4.79 Å². The number of nitrogens with one attached hydrogen (secondary N) is 1. The van der Waals surface area contributed by atoms with Crippen molar-refractivity contribution in [2.45, 2.75) is 6.42 Å². The van der Waals surface area contributed by atoms with Crippen molar-refractivity contribution in [1.82, 2.24) is 4.98 Å². The molecule has 0 saturated carbocycles. The van der Waals surface area contributed by atoms with Crippen molar-refractivity contribution in [3.8, 4) is 0 Å². The second-order valence-corrected chi connectivity index (χ2v) is 4.55. The minimum absolute atomic E-state index is 0.0489. The lowest BCUT2D eigenvalue weighted by Crippen LogP contribution is -2.10. The summed E-state index contributed by atoms with van der Waals surface area (Å²) in [7, 11) is 0. The summed E-state index contributed by atoms with van der Waals surface area (Å²) in [6, 6.07) is 3.41. The van der Waals surface area contributed by atoms with E-state index in [1.54, 1.807) is 23.9 Å². The normalized spacial score (nSPS) is 10.2. The first-order valence-corrected chi connectivity index (χ1v) is 6.52. The van der Waals surface area contributed by atoms with Crippen molar-refractivity contribution in [3.05, 3.63) is 24.0 Å². The summed E-state index contributed by atoms with van der Waals surface area (Å²) < 4.78 is 0. The van der Waals surface area contributed by atoms with E-state index < -0.39 is 5.97 Å². The minimum Gasteiger partial charge on any atom is -0.476 e. The van der Waals surface area contributed by atoms with Gasteiger partial charge in [-0.15, -0.1) is 0 Å². The molecule has 0 fully saturated rings. The molecule has 5 nitrogen and oxygen atoms in total. The first-order chi connectivity index (χ1) is 8.25. The van der Waals surface area contributed by atoms with Crippen LogP contribution in [-0.2, 0) is 0 Å². The Kier molecular flexibility index (Phi) is 6.42. The van der Waals surface area contributed by atoms with Gasteiger partial charge in [0.15, 0.2) is 5.69 Å². The van der Waals surface area contributed by atoms with Crippen molar-refractivity contribution in [1.29, 1.82) is 0 Å². The van der Waals surface area contributed by atoms with Crippen LogP contribution in [0.3, 0.4) is 0 Å². The van der Waals surface area contributed by atoms with Crippen LogP contribution in [-0.4, -0.2) is 45.8 Å². The van der Waals surface area contributed by atoms with Gasteiger partial charge in [-0.1, -0.05) is 0 Å². The van der Waals surface area contributed by atoms with Gasteiger partial charge in [-0.2, -0.15) is 11.8 Å². The van der Waals surface area contributed by atoms with E-state index in [-0.39, 0.29) is 12.3 Å². The van der Waals surface area contributed by atoms with Gasteiger partial charge < -0.3 is 15.5 Å². The van der Waals surface area contributed by atoms with Crippen LogP contribution in [0.1, 0.15) is 16.9 Å². The third-order valence-electron chi connectivity index (χ3n) is 2.02. The zero-order valence-electron chi connectivity index (χ0n) is 9.43. The summed E-state index contributed by atoms with van der Waals surface area (Å²) >= 11 is 1.72. The summed E-state index contributed by atoms with van der Waals surface area (Å²) in [4.78, 5) is 14.7. The topological polar surface area (TPSA) is 82.5 Å². The molecule has 0 radical (unpaired) electrons. The van der Waals surface area contributed by atoms with Crippen LogP contribution < -0.4 is 5.32 Å². The Morgan fingerprint density at radius 3 is 3.00 bits per heavy atom. The fraction of sp³-hybridized carbons (Fsp3) is 0.455. The number of carboxylic acids is 1. The molecule has 0 amide bonds. The molecule has 0 bridgehead atoms. The van der Waals surface area contributed by atoms with Gasteiger partial charge in [0.25, 0.3) is 0 Å². The number of carbonyl (C=O) groups is 1. The SMILES string of the molecule is O=C(O)c1ncccc1NCCSCCCO. The van der Waals surface area contributed by atoms with Crippen LogP contribution in [0.25, 0.3) is 0 Å². The van der Waals surface area contributed by atoms with E-state index in [4.69, 9.17) is 10.2 Å². The number of carboxylic acid groups (broad SMARTS) is 1. The number of rotatable bonds is 8. The molecular formula is C11H16N2O3S. The molecule has 1 aromatic rings. The van der Waals surface area contributed by atoms with Crippen LogP contribution in [0.15, 0.2) is 18.3 Å². The van der Waals surface area contributed by atoms with Crippen molar-refractivity contribution < 1.29 is 15.0 Å². The van der Waals surface area contributed by atoms with Gasteiger partial charge in [0.1, 0.15) is 0 Å². The third-order valence-corrected chi connectivity index (χ3v) is 3.09. The molecule has 0 aromatic carbocycles. The molecule has 0 aliphatic heterocycles. The zero-order chi connectivity index (χ0) is 12.5. The number of anilines is 1. The Morgan fingerprint density at radius 1 is 1.47 bits per heavy atom. The largest absolute Gasteiger partial charge is 0.476 e. The van der Waals surface area contributed by atoms with Crippen LogP contribution in [0.5, 0.6) is 0 Å². The summed E-state index contributed by atoms with van der Waals surface area (Å²) in [5.74, 6) is 0.756. The Morgan fingerprint density at radius 2 is 2.29 bits per heavy atom. The molecule has 0 atom stereocenters. The van der Waals surface area contributed by atoms with Crippen molar-refractivity contribution in [3.63, 3.8) is 0 Å². The third kappa shape index (κ3) is 5.06. The summed E-state index contributed by atoms with van der Waals surface area (Å²) in [5.41, 5.74) is 0.593. The summed E-state index contributed by atoms with van der Waals surface area (Å²) in [6.07, 6.45) is 2.25. The first kappa shape index (κ1) is 13.8. The smallest absolute Gasteiger partial charge is 0.356 e. The molecule has 3 N–H and O–H groups in total. The number of hydrogen-bond donors (Lipinski definition) is 3. The number of aliphatic hydroxyl groups is 1. The summed E-state index contributed by atoms with van der Waals surface area (Å²) in [6.45, 7) is 0.897. The van der Waals surface area contributed by atoms with E-state index in [1.807, 2.05) is 0 Å². The lowest BCUT2D eigenvalue weighted by atomic mass is 10.3. The number of nitrogens with zero attached hydrogens (tertiary/aromatic N) is 1. The zero-order valence-corrected chi connectivity index (χ0v) is 10.2. The van der Waals surface area contributed by atoms with E-state index in [2.05, 4.69) is 10.3 Å². The van der Waals surface area contributed by atoms with Gasteiger partial charge in [-0.3, -0.25) is 0 Å². The van der Waals surface area contributed by atoms with Gasteiger partial charge in [0, 0.05) is 25.1 Å². The maximum Gasteiger partial charge on any atom is 0.356 e. The second kappa shape index (κ2) is 7.92. The molecule has 1 aromatic heterocycles. The molecule has 1 heterocycles. The predicted molar refractivity (Wildman–Crippen MR) is 68.7 cm³/mol. The minimum atomic E-state index is -1.03. The fourth-order valence-corrected chi connectivity index (χ4v) is 2.03. The predicted octanol–water partition coefficient (Wildman–Crippen LogP) is 1.31. The number of hydrogen-bond acceptors (Lipinski definition) is 5. The lowest BCUT2D eigenvalue weighted by molar-refractivity contribution is 0.0691. The monoisotopic (exact) mass is 256 g/mol. The van der Waals surface area contributed by atoms with Gasteiger partial charge in [-0.05, 0) is 24.3 Å². The molecule has 0 spiro atoms. The van der Waals surface area contributed by atoms with Crippen LogP contribution in [0.4, 0.5) is 5.69 Å². The molecule has 6 heteroatoms. The Bertz CT molecular complexity index is 360. The molecule has 0 aliphatic carbocycles. The molecule has 94 valence electrons. The highest BCUT2D eigenvalue weighted by Gasteiger charge is 2.09. The number of thioether (sulfide) groups is 1. The van der Waals surface area contributed by atoms with E-state index in [1.165, 1.54) is 6.20 Å². The summed E-state index contributed by atoms with van der Waals surface area (Å²) in [5, 5.41) is 20.5. The molecule has 17 heavy (non-hydrogen) atoms. The lowest BCUT2D eigenvalue weighted by Gasteiger charge is -2.08. The van der Waals surface area contributed by atoms with E-state index >= 15 is 0 Å². The molecule has 1 rings (SSSR count). The first-order valence-electron chi connectivity index (χ1n) is 5.36. The average Bonchev–Trinajstić information content (AvgIpc) is 2.34. The number of aliphatic hydroxyl groups excluding tert-OH is 1. The number of aromatic nitrogens is 1. The highest BCUT2D eigenvalue weighted by atomic mass is 32.2. The highest BCUT2D eigenvalue weighted by molar-refractivity contribution is 7.99. The van der Waals surface area contributed by atoms with Gasteiger partial charge in [0.05, 0.1) is 5.69 Å². The highest BCUT2D eigenvalue weighted by Crippen LogP contribution is 2.12. The van der Waals surface area contributed by atoms with Crippen molar-refractivity contribution in [2.24, 2.45) is 0 Å².